The normalized spacial score (nSPS) is 18.4. The van der Waals surface area contributed by atoms with Gasteiger partial charge in [-0.05, 0) is 0 Å². The third kappa shape index (κ3) is 3.04. The van der Waals surface area contributed by atoms with Crippen molar-refractivity contribution in [1.29, 1.82) is 0 Å². The van der Waals surface area contributed by atoms with Crippen molar-refractivity contribution in [2.75, 3.05) is 13.2 Å². The van der Waals surface area contributed by atoms with Crippen molar-refractivity contribution in [2.24, 2.45) is 0 Å². The fourth-order valence-corrected chi connectivity index (χ4v) is 0.689. The molecule has 0 amide bonds. The summed E-state index contributed by atoms with van der Waals surface area (Å²) in [5.41, 5.74) is 0. The number of aliphatic hydroxyl groups excluding tert-OH is 4. The van der Waals surface area contributed by atoms with Gasteiger partial charge in [0.15, 0.2) is 5.78 Å². The highest BCUT2D eigenvalue weighted by Crippen LogP contribution is 2.05. The molecule has 0 aliphatic heterocycles. The van der Waals surface area contributed by atoms with Crippen LogP contribution in [0.25, 0.3) is 0 Å². The van der Waals surface area contributed by atoms with Crippen molar-refractivity contribution < 1.29 is 25.2 Å². The van der Waals surface area contributed by atoms with Gasteiger partial charge in [-0.25, -0.2) is 0 Å². The highest BCUT2D eigenvalue weighted by molar-refractivity contribution is 6.22. The third-order valence-electron chi connectivity index (χ3n) is 1.31. The second-order valence-electron chi connectivity index (χ2n) is 2.24. The molecule has 6 heteroatoms. The Hall–Kier alpha value is -0.200. The second-order valence-corrected chi connectivity index (χ2v) is 2.80. The lowest BCUT2D eigenvalue weighted by Gasteiger charge is -2.15. The molecule has 0 saturated carbocycles. The van der Waals surface area contributed by atoms with Crippen LogP contribution < -0.4 is 0 Å². The zero-order valence-electron chi connectivity index (χ0n) is 6.22. The van der Waals surface area contributed by atoms with Gasteiger partial charge in [-0.2, -0.15) is 0 Å². The van der Waals surface area contributed by atoms with Gasteiger partial charge in [0.05, 0.1) is 18.6 Å². The van der Waals surface area contributed by atoms with Crippen LogP contribution in [0.5, 0.6) is 0 Å². The number of Topliss-reactive ketones (excluding diaryl/α,β-unsaturated/α-hetero) is 1. The molecule has 12 heavy (non-hydrogen) atoms. The van der Waals surface area contributed by atoms with E-state index in [1.165, 1.54) is 0 Å². The number of hydrogen-bond acceptors (Lipinski definition) is 5. The Bertz CT molecular complexity index is 151. The van der Waals surface area contributed by atoms with E-state index in [9.17, 15) is 4.79 Å². The van der Waals surface area contributed by atoms with E-state index in [-0.39, 0.29) is 0 Å². The molecule has 3 atom stereocenters. The zero-order chi connectivity index (χ0) is 9.72. The van der Waals surface area contributed by atoms with Gasteiger partial charge in [-0.1, -0.05) is 0 Å². The quantitative estimate of drug-likeness (QED) is 0.379. The standard InChI is InChI=1S/C6H11ClO5/c7-3(1-8)5(11)6(12)4(10)2-9/h3-5,8-11H,1-2H2/t3-,4+,5+/m1/s1. The van der Waals surface area contributed by atoms with Gasteiger partial charge in [0.25, 0.3) is 0 Å². The van der Waals surface area contributed by atoms with E-state index in [0.29, 0.717) is 0 Å². The summed E-state index contributed by atoms with van der Waals surface area (Å²) in [5, 5.41) is 33.3. The van der Waals surface area contributed by atoms with Crippen molar-refractivity contribution in [3.63, 3.8) is 0 Å². The summed E-state index contributed by atoms with van der Waals surface area (Å²) in [5.74, 6) is -0.994. The average molecular weight is 199 g/mol. The molecule has 0 heterocycles. The molecule has 0 aromatic heterocycles. The van der Waals surface area contributed by atoms with Crippen LogP contribution >= 0.6 is 11.6 Å². The second kappa shape index (κ2) is 5.45. The first-order valence-electron chi connectivity index (χ1n) is 3.30. The fourth-order valence-electron chi connectivity index (χ4n) is 0.565. The Morgan fingerprint density at radius 1 is 1.25 bits per heavy atom. The van der Waals surface area contributed by atoms with Gasteiger partial charge in [-0.15, -0.1) is 11.6 Å². The Kier molecular flexibility index (Phi) is 5.36. The van der Waals surface area contributed by atoms with Crippen LogP contribution in [0.2, 0.25) is 0 Å². The zero-order valence-corrected chi connectivity index (χ0v) is 6.98. The summed E-state index contributed by atoms with van der Waals surface area (Å²) >= 11 is 5.30. The molecular formula is C6H11ClO5. The molecule has 0 aromatic carbocycles. The van der Waals surface area contributed by atoms with Gasteiger partial charge in [0.2, 0.25) is 0 Å². The van der Waals surface area contributed by atoms with Crippen LogP contribution in [0.1, 0.15) is 0 Å². The maximum absolute atomic E-state index is 10.8. The summed E-state index contributed by atoms with van der Waals surface area (Å²) < 4.78 is 0. The van der Waals surface area contributed by atoms with Crippen LogP contribution in [0.3, 0.4) is 0 Å². The van der Waals surface area contributed by atoms with Crippen molar-refractivity contribution in [3.05, 3.63) is 0 Å². The number of carbonyl (C=O) groups excluding carboxylic acids is 1. The number of aliphatic hydroxyl groups is 4. The Balaban J connectivity index is 4.09. The molecule has 0 aliphatic carbocycles. The molecule has 5 nitrogen and oxygen atoms in total. The molecule has 0 rings (SSSR count). The molecule has 0 saturated heterocycles. The molecule has 0 bridgehead atoms. The van der Waals surface area contributed by atoms with E-state index < -0.39 is 36.6 Å². The van der Waals surface area contributed by atoms with Crippen molar-refractivity contribution >= 4 is 17.4 Å². The minimum atomic E-state index is -1.65. The lowest BCUT2D eigenvalue weighted by molar-refractivity contribution is -0.137. The predicted octanol–water partition coefficient (Wildman–Crippen LogP) is -2.13. The highest BCUT2D eigenvalue weighted by atomic mass is 35.5. The number of alkyl halides is 1. The summed E-state index contributed by atoms with van der Waals surface area (Å²) in [6.07, 6.45) is -3.30. The summed E-state index contributed by atoms with van der Waals surface area (Å²) in [6.45, 7) is -1.35. The Morgan fingerprint density at radius 2 is 1.75 bits per heavy atom. The average Bonchev–Trinajstić information content (AvgIpc) is 2.12. The lowest BCUT2D eigenvalue weighted by Crippen LogP contribution is -2.41. The molecular weight excluding hydrogens is 188 g/mol. The molecule has 72 valence electrons. The summed E-state index contributed by atoms with van der Waals surface area (Å²) in [7, 11) is 0. The number of hydrogen-bond donors (Lipinski definition) is 4. The molecule has 0 aromatic rings. The SMILES string of the molecule is O=C([C@@H](O)[C@H](Cl)CO)[C@@H](O)CO. The summed E-state index contributed by atoms with van der Waals surface area (Å²) in [6, 6.07) is 0. The number of ketones is 1. The van der Waals surface area contributed by atoms with E-state index in [0.717, 1.165) is 0 Å². The number of carbonyl (C=O) groups is 1. The maximum Gasteiger partial charge on any atom is 0.193 e. The summed E-state index contributed by atoms with van der Waals surface area (Å²) in [4.78, 5) is 10.8. The Morgan fingerprint density at radius 3 is 2.08 bits per heavy atom. The molecule has 0 aliphatic rings. The first-order chi connectivity index (χ1) is 5.54. The van der Waals surface area contributed by atoms with Crippen molar-refractivity contribution in [3.8, 4) is 0 Å². The van der Waals surface area contributed by atoms with Gasteiger partial charge in [0, 0.05) is 0 Å². The number of rotatable bonds is 5. The first-order valence-corrected chi connectivity index (χ1v) is 3.73. The lowest BCUT2D eigenvalue weighted by atomic mass is 10.1. The van der Waals surface area contributed by atoms with E-state index in [1.807, 2.05) is 0 Å². The van der Waals surface area contributed by atoms with E-state index in [2.05, 4.69) is 0 Å². The molecule has 0 spiro atoms. The van der Waals surface area contributed by atoms with E-state index in [1.54, 1.807) is 0 Å². The highest BCUT2D eigenvalue weighted by Gasteiger charge is 2.28. The van der Waals surface area contributed by atoms with Gasteiger partial charge in [0.1, 0.15) is 12.2 Å². The minimum Gasteiger partial charge on any atom is -0.395 e. The molecule has 0 unspecified atom stereocenters. The van der Waals surface area contributed by atoms with E-state index >= 15 is 0 Å². The van der Waals surface area contributed by atoms with Crippen LogP contribution in [-0.2, 0) is 4.79 Å². The number of halogens is 1. The molecule has 0 fully saturated rings. The van der Waals surface area contributed by atoms with Crippen LogP contribution in [0.4, 0.5) is 0 Å². The predicted molar refractivity (Wildman–Crippen MR) is 40.8 cm³/mol. The minimum absolute atomic E-state index is 0.577. The van der Waals surface area contributed by atoms with E-state index in [4.69, 9.17) is 32.0 Å². The first kappa shape index (κ1) is 11.8. The van der Waals surface area contributed by atoms with Gasteiger partial charge >= 0.3 is 0 Å². The van der Waals surface area contributed by atoms with Crippen molar-refractivity contribution in [2.45, 2.75) is 17.6 Å². The Labute approximate surface area is 74.2 Å². The third-order valence-corrected chi connectivity index (χ3v) is 1.69. The van der Waals surface area contributed by atoms with Crippen LogP contribution in [-0.4, -0.2) is 57.0 Å². The smallest absolute Gasteiger partial charge is 0.193 e. The largest absolute Gasteiger partial charge is 0.395 e. The van der Waals surface area contributed by atoms with Crippen molar-refractivity contribution in [1.82, 2.24) is 0 Å². The molecule has 4 N–H and O–H groups in total. The molecule has 0 radical (unpaired) electrons. The topological polar surface area (TPSA) is 98.0 Å². The monoisotopic (exact) mass is 198 g/mol. The van der Waals surface area contributed by atoms with Crippen LogP contribution in [0, 0.1) is 0 Å². The van der Waals surface area contributed by atoms with Gasteiger partial charge < -0.3 is 20.4 Å². The maximum atomic E-state index is 10.8. The fraction of sp³-hybridized carbons (Fsp3) is 0.833. The van der Waals surface area contributed by atoms with Gasteiger partial charge in [-0.3, -0.25) is 4.79 Å². The van der Waals surface area contributed by atoms with Crippen LogP contribution in [0.15, 0.2) is 0 Å².